The van der Waals surface area contributed by atoms with Crippen LogP contribution in [0.15, 0.2) is 36.4 Å². The Bertz CT molecular complexity index is 1170. The molecular weight excluding hydrogens is 545 g/mol. The third-order valence-corrected chi connectivity index (χ3v) is 7.78. The second kappa shape index (κ2) is 13.5. The average Bonchev–Trinajstić information content (AvgIpc) is 2.80. The highest BCUT2D eigenvalue weighted by atomic mass is 35.5. The molecule has 0 aliphatic heterocycles. The smallest absolute Gasteiger partial charge is 0.244 e. The van der Waals surface area contributed by atoms with Gasteiger partial charge in [-0.2, -0.15) is 0 Å². The zero-order valence-corrected chi connectivity index (χ0v) is 23.9. The molecule has 198 valence electrons. The van der Waals surface area contributed by atoms with Crippen molar-refractivity contribution in [3.8, 4) is 0 Å². The molecule has 0 heterocycles. The summed E-state index contributed by atoms with van der Waals surface area (Å²) in [5.41, 5.74) is 1.89. The summed E-state index contributed by atoms with van der Waals surface area (Å²) in [6, 6.07) is 9.42. The summed E-state index contributed by atoms with van der Waals surface area (Å²) in [7, 11) is -3.95. The Balaban J connectivity index is 2.46. The normalized spacial score (nSPS) is 12.2. The molecule has 36 heavy (non-hydrogen) atoms. The quantitative estimate of drug-likeness (QED) is 0.269. The van der Waals surface area contributed by atoms with Crippen LogP contribution in [0.2, 0.25) is 15.1 Å². The summed E-state index contributed by atoms with van der Waals surface area (Å²) in [6.07, 6.45) is 3.04. The number of rotatable bonds is 12. The summed E-state index contributed by atoms with van der Waals surface area (Å²) in [5, 5.41) is 3.16. The van der Waals surface area contributed by atoms with Crippen LogP contribution in [0.4, 0.5) is 5.69 Å². The fourth-order valence-corrected chi connectivity index (χ4v) is 5.16. The molecule has 0 aliphatic rings. The number of benzene rings is 2. The minimum Gasteiger partial charge on any atom is -0.354 e. The van der Waals surface area contributed by atoms with E-state index in [4.69, 9.17) is 34.8 Å². The van der Waals surface area contributed by atoms with Crippen LogP contribution in [0.5, 0.6) is 0 Å². The molecule has 2 amide bonds. The molecule has 0 spiro atoms. The van der Waals surface area contributed by atoms with E-state index in [1.807, 2.05) is 45.0 Å². The van der Waals surface area contributed by atoms with Gasteiger partial charge in [-0.1, -0.05) is 84.9 Å². The topological polar surface area (TPSA) is 86.8 Å². The van der Waals surface area contributed by atoms with E-state index in [2.05, 4.69) is 5.32 Å². The number of nitrogens with one attached hydrogen (secondary N) is 1. The summed E-state index contributed by atoms with van der Waals surface area (Å²) < 4.78 is 26.3. The maximum absolute atomic E-state index is 13.7. The fourth-order valence-electron chi connectivity index (χ4n) is 3.61. The Kier molecular flexibility index (Phi) is 11.3. The number of aryl methyl sites for hydroxylation is 1. The maximum atomic E-state index is 13.7. The highest BCUT2D eigenvalue weighted by Gasteiger charge is 2.32. The molecule has 0 fully saturated rings. The Morgan fingerprint density at radius 3 is 2.17 bits per heavy atom. The zero-order chi connectivity index (χ0) is 27.0. The van der Waals surface area contributed by atoms with E-state index in [0.717, 1.165) is 34.5 Å². The number of nitrogens with zero attached hydrogens (tertiary/aromatic N) is 2. The monoisotopic (exact) mass is 575 g/mol. The van der Waals surface area contributed by atoms with E-state index in [0.29, 0.717) is 13.0 Å². The van der Waals surface area contributed by atoms with Gasteiger partial charge in [-0.3, -0.25) is 13.9 Å². The first-order chi connectivity index (χ1) is 16.9. The number of carbonyl (C=O) groups excluding carboxylic acids is 2. The summed E-state index contributed by atoms with van der Waals surface area (Å²) in [5.74, 6) is -0.842. The molecule has 2 aromatic rings. The standard InChI is InChI=1S/C25H32Cl3N3O4S/c1-5-7-12-29-25(33)22(6-2)30(15-18-10-8-17(3)9-11-18)24(32)16-31(36(4,34)35)23-14-20(27)19(26)13-21(23)28/h8-11,13-14,22H,5-7,12,15-16H2,1-4H3,(H,29,33)/t22-/m1/s1. The van der Waals surface area contributed by atoms with Crippen LogP contribution in [-0.2, 0) is 26.2 Å². The number of unbranched alkanes of at least 4 members (excludes halogenated alkanes) is 1. The van der Waals surface area contributed by atoms with Crippen LogP contribution in [0.25, 0.3) is 0 Å². The Labute approximate surface area is 228 Å². The first-order valence-electron chi connectivity index (χ1n) is 11.6. The lowest BCUT2D eigenvalue weighted by atomic mass is 10.1. The van der Waals surface area contributed by atoms with E-state index in [1.54, 1.807) is 0 Å². The predicted molar refractivity (Wildman–Crippen MR) is 147 cm³/mol. The first-order valence-corrected chi connectivity index (χ1v) is 14.6. The van der Waals surface area contributed by atoms with Gasteiger partial charge < -0.3 is 10.2 Å². The number of sulfonamides is 1. The van der Waals surface area contributed by atoms with Crippen molar-refractivity contribution in [2.24, 2.45) is 0 Å². The Morgan fingerprint density at radius 1 is 1.00 bits per heavy atom. The molecule has 0 radical (unpaired) electrons. The van der Waals surface area contributed by atoms with Gasteiger partial charge >= 0.3 is 0 Å². The third-order valence-electron chi connectivity index (χ3n) is 5.63. The first kappa shape index (κ1) is 30.2. The molecule has 1 atom stereocenters. The second-order valence-corrected chi connectivity index (χ2v) is 11.7. The van der Waals surface area contributed by atoms with E-state index < -0.39 is 28.5 Å². The molecule has 11 heteroatoms. The Morgan fingerprint density at radius 2 is 1.61 bits per heavy atom. The molecule has 0 saturated carbocycles. The predicted octanol–water partition coefficient (Wildman–Crippen LogP) is 5.44. The third kappa shape index (κ3) is 8.26. The molecule has 0 saturated heterocycles. The molecule has 0 bridgehead atoms. The minimum atomic E-state index is -3.95. The molecular formula is C25H32Cl3N3O4S. The molecule has 0 unspecified atom stereocenters. The van der Waals surface area contributed by atoms with E-state index >= 15 is 0 Å². The number of hydrogen-bond donors (Lipinski definition) is 1. The number of hydrogen-bond acceptors (Lipinski definition) is 4. The van der Waals surface area contributed by atoms with E-state index in [-0.39, 0.29) is 33.2 Å². The Hall–Kier alpha value is -2.00. The number of anilines is 1. The molecule has 2 aromatic carbocycles. The van der Waals surface area contributed by atoms with Crippen LogP contribution in [-0.4, -0.2) is 50.5 Å². The van der Waals surface area contributed by atoms with Crippen LogP contribution in [0.1, 0.15) is 44.2 Å². The lowest BCUT2D eigenvalue weighted by molar-refractivity contribution is -0.140. The van der Waals surface area contributed by atoms with Gasteiger partial charge in [0.2, 0.25) is 21.8 Å². The van der Waals surface area contributed by atoms with Gasteiger partial charge in [0.15, 0.2) is 0 Å². The van der Waals surface area contributed by atoms with Crippen molar-refractivity contribution in [2.75, 3.05) is 23.7 Å². The van der Waals surface area contributed by atoms with Gasteiger partial charge in [0.25, 0.3) is 0 Å². The summed E-state index contributed by atoms with van der Waals surface area (Å²) >= 11 is 18.4. The average molecular weight is 577 g/mol. The SMILES string of the molecule is CCCCNC(=O)[C@@H](CC)N(Cc1ccc(C)cc1)C(=O)CN(c1cc(Cl)c(Cl)cc1Cl)S(C)(=O)=O. The van der Waals surface area contributed by atoms with E-state index in [1.165, 1.54) is 17.0 Å². The highest BCUT2D eigenvalue weighted by molar-refractivity contribution is 7.92. The fraction of sp³-hybridized carbons (Fsp3) is 0.440. The largest absolute Gasteiger partial charge is 0.354 e. The lowest BCUT2D eigenvalue weighted by Crippen LogP contribution is -2.52. The number of halogens is 3. The van der Waals surface area contributed by atoms with Crippen LogP contribution >= 0.6 is 34.8 Å². The van der Waals surface area contributed by atoms with Gasteiger partial charge in [0.1, 0.15) is 12.6 Å². The summed E-state index contributed by atoms with van der Waals surface area (Å²) in [4.78, 5) is 28.1. The molecule has 0 aliphatic carbocycles. The van der Waals surface area contributed by atoms with Crippen molar-refractivity contribution >= 4 is 62.3 Å². The van der Waals surface area contributed by atoms with E-state index in [9.17, 15) is 18.0 Å². The maximum Gasteiger partial charge on any atom is 0.244 e. The molecule has 0 aromatic heterocycles. The lowest BCUT2D eigenvalue weighted by Gasteiger charge is -2.33. The van der Waals surface area contributed by atoms with Gasteiger partial charge in [-0.25, -0.2) is 8.42 Å². The number of carbonyl (C=O) groups is 2. The van der Waals surface area contributed by atoms with Crippen LogP contribution in [0.3, 0.4) is 0 Å². The minimum absolute atomic E-state index is 0.0251. The van der Waals surface area contributed by atoms with Crippen molar-refractivity contribution in [3.63, 3.8) is 0 Å². The van der Waals surface area contributed by atoms with Gasteiger partial charge in [0.05, 0.1) is 27.0 Å². The molecule has 2 rings (SSSR count). The number of amides is 2. The second-order valence-electron chi connectivity index (χ2n) is 8.56. The highest BCUT2D eigenvalue weighted by Crippen LogP contribution is 2.35. The van der Waals surface area contributed by atoms with Crippen molar-refractivity contribution < 1.29 is 18.0 Å². The van der Waals surface area contributed by atoms with Crippen molar-refractivity contribution in [2.45, 2.75) is 52.6 Å². The van der Waals surface area contributed by atoms with Crippen LogP contribution in [0, 0.1) is 6.92 Å². The summed E-state index contributed by atoms with van der Waals surface area (Å²) in [6.45, 7) is 5.83. The van der Waals surface area contributed by atoms with Crippen molar-refractivity contribution in [1.82, 2.24) is 10.2 Å². The van der Waals surface area contributed by atoms with Crippen molar-refractivity contribution in [3.05, 3.63) is 62.6 Å². The van der Waals surface area contributed by atoms with Crippen LogP contribution < -0.4 is 9.62 Å². The zero-order valence-electron chi connectivity index (χ0n) is 20.9. The van der Waals surface area contributed by atoms with Crippen molar-refractivity contribution in [1.29, 1.82) is 0 Å². The van der Waals surface area contributed by atoms with Gasteiger partial charge in [-0.05, 0) is 37.5 Å². The van der Waals surface area contributed by atoms with Gasteiger partial charge in [-0.15, -0.1) is 0 Å². The van der Waals surface area contributed by atoms with Gasteiger partial charge in [0, 0.05) is 13.1 Å². The molecule has 1 N–H and O–H groups in total. The molecule has 7 nitrogen and oxygen atoms in total.